The maximum absolute atomic E-state index is 11.6. The molecule has 20 heavy (non-hydrogen) atoms. The zero-order chi connectivity index (χ0) is 15.1. The van der Waals surface area contributed by atoms with Crippen LogP contribution in [0.25, 0.3) is 0 Å². The van der Waals surface area contributed by atoms with E-state index in [1.807, 2.05) is 30.3 Å². The van der Waals surface area contributed by atoms with Crippen LogP contribution in [0.3, 0.4) is 0 Å². The van der Waals surface area contributed by atoms with Gasteiger partial charge in [-0.05, 0) is 33.3 Å². The highest BCUT2D eigenvalue weighted by atomic mass is 16.5. The van der Waals surface area contributed by atoms with Crippen LogP contribution in [0.5, 0.6) is 0 Å². The zero-order valence-electron chi connectivity index (χ0n) is 13.1. The monoisotopic (exact) mass is 278 g/mol. The molecule has 1 atom stereocenters. The third-order valence-corrected chi connectivity index (χ3v) is 3.40. The standard InChI is InChI=1S/C16H26N2O2/c1-12(2)18(13(3)4)11-15(17-16(19)20-5)14-9-7-6-8-10-14/h6-10,12-13,15H,11H2,1-5H3,(H,17,19). The van der Waals surface area contributed by atoms with Crippen LogP contribution in [0.1, 0.15) is 39.3 Å². The number of hydrogen-bond donors (Lipinski definition) is 1. The van der Waals surface area contributed by atoms with Gasteiger partial charge in [-0.15, -0.1) is 0 Å². The second kappa shape index (κ2) is 7.90. The highest BCUT2D eigenvalue weighted by Gasteiger charge is 2.22. The molecule has 0 spiro atoms. The summed E-state index contributed by atoms with van der Waals surface area (Å²) in [5.74, 6) is 0. The van der Waals surface area contributed by atoms with Crippen molar-refractivity contribution in [2.45, 2.75) is 45.8 Å². The first kappa shape index (κ1) is 16.5. The summed E-state index contributed by atoms with van der Waals surface area (Å²) >= 11 is 0. The molecule has 0 fully saturated rings. The molecule has 0 heterocycles. The van der Waals surface area contributed by atoms with Crippen molar-refractivity contribution < 1.29 is 9.53 Å². The molecule has 0 bridgehead atoms. The number of hydrogen-bond acceptors (Lipinski definition) is 3. The van der Waals surface area contributed by atoms with Crippen LogP contribution in [0.2, 0.25) is 0 Å². The summed E-state index contributed by atoms with van der Waals surface area (Å²) in [6.45, 7) is 9.43. The van der Waals surface area contributed by atoms with Gasteiger partial charge in [0.15, 0.2) is 0 Å². The van der Waals surface area contributed by atoms with Gasteiger partial charge in [0.25, 0.3) is 0 Å². The Labute approximate surface area is 122 Å². The van der Waals surface area contributed by atoms with Gasteiger partial charge in [0.2, 0.25) is 0 Å². The smallest absolute Gasteiger partial charge is 0.407 e. The van der Waals surface area contributed by atoms with Gasteiger partial charge < -0.3 is 10.1 Å². The zero-order valence-corrected chi connectivity index (χ0v) is 13.1. The van der Waals surface area contributed by atoms with E-state index in [2.05, 4.69) is 37.9 Å². The van der Waals surface area contributed by atoms with Crippen LogP contribution in [-0.4, -0.2) is 36.7 Å². The van der Waals surface area contributed by atoms with Gasteiger partial charge in [-0.3, -0.25) is 4.90 Å². The summed E-state index contributed by atoms with van der Waals surface area (Å²) in [5.41, 5.74) is 1.09. The van der Waals surface area contributed by atoms with Crippen LogP contribution in [-0.2, 0) is 4.74 Å². The fourth-order valence-electron chi connectivity index (χ4n) is 2.35. The lowest BCUT2D eigenvalue weighted by atomic mass is 10.0. The van der Waals surface area contributed by atoms with E-state index in [0.29, 0.717) is 12.1 Å². The first-order chi connectivity index (χ1) is 9.45. The minimum absolute atomic E-state index is 0.0755. The first-order valence-corrected chi connectivity index (χ1v) is 7.10. The van der Waals surface area contributed by atoms with Crippen molar-refractivity contribution in [3.8, 4) is 0 Å². The number of benzene rings is 1. The van der Waals surface area contributed by atoms with Crippen LogP contribution in [0, 0.1) is 0 Å². The third-order valence-electron chi connectivity index (χ3n) is 3.40. The average molecular weight is 278 g/mol. The van der Waals surface area contributed by atoms with Crippen molar-refractivity contribution in [3.05, 3.63) is 35.9 Å². The molecule has 1 rings (SSSR count). The molecule has 4 nitrogen and oxygen atoms in total. The van der Waals surface area contributed by atoms with Crippen LogP contribution < -0.4 is 5.32 Å². The first-order valence-electron chi connectivity index (χ1n) is 7.10. The summed E-state index contributed by atoms with van der Waals surface area (Å²) in [7, 11) is 1.39. The topological polar surface area (TPSA) is 41.6 Å². The molecule has 0 aromatic heterocycles. The number of carbonyl (C=O) groups excluding carboxylic acids is 1. The molecule has 0 aliphatic carbocycles. The summed E-state index contributed by atoms with van der Waals surface area (Å²) in [6, 6.07) is 10.8. The molecule has 4 heteroatoms. The van der Waals surface area contributed by atoms with Gasteiger partial charge in [-0.2, -0.15) is 0 Å². The lowest BCUT2D eigenvalue weighted by Gasteiger charge is -2.34. The highest BCUT2D eigenvalue weighted by Crippen LogP contribution is 2.17. The number of carbonyl (C=O) groups is 1. The highest BCUT2D eigenvalue weighted by molar-refractivity contribution is 5.67. The molecule has 0 radical (unpaired) electrons. The van der Waals surface area contributed by atoms with Crippen LogP contribution >= 0.6 is 0 Å². The molecule has 1 unspecified atom stereocenters. The van der Waals surface area contributed by atoms with E-state index >= 15 is 0 Å². The lowest BCUT2D eigenvalue weighted by molar-refractivity contribution is 0.139. The second-order valence-corrected chi connectivity index (χ2v) is 5.48. The van der Waals surface area contributed by atoms with E-state index in [1.54, 1.807) is 0 Å². The lowest BCUT2D eigenvalue weighted by Crippen LogP contribution is -2.44. The number of amides is 1. The Bertz CT molecular complexity index is 396. The van der Waals surface area contributed by atoms with Crippen molar-refractivity contribution >= 4 is 6.09 Å². The van der Waals surface area contributed by atoms with E-state index in [1.165, 1.54) is 7.11 Å². The molecule has 1 N–H and O–H groups in total. The fourth-order valence-corrected chi connectivity index (χ4v) is 2.35. The maximum Gasteiger partial charge on any atom is 0.407 e. The maximum atomic E-state index is 11.6. The Kier molecular flexibility index (Phi) is 6.52. The SMILES string of the molecule is COC(=O)NC(CN(C(C)C)C(C)C)c1ccccc1. The quantitative estimate of drug-likeness (QED) is 0.869. The van der Waals surface area contributed by atoms with Crippen molar-refractivity contribution in [2.75, 3.05) is 13.7 Å². The largest absolute Gasteiger partial charge is 0.453 e. The van der Waals surface area contributed by atoms with Crippen molar-refractivity contribution in [1.82, 2.24) is 10.2 Å². The van der Waals surface area contributed by atoms with Gasteiger partial charge in [-0.25, -0.2) is 4.79 Å². The second-order valence-electron chi connectivity index (χ2n) is 5.48. The van der Waals surface area contributed by atoms with E-state index in [-0.39, 0.29) is 6.04 Å². The van der Waals surface area contributed by atoms with E-state index in [4.69, 9.17) is 4.74 Å². The molecular weight excluding hydrogens is 252 g/mol. The number of ether oxygens (including phenoxy) is 1. The van der Waals surface area contributed by atoms with Gasteiger partial charge >= 0.3 is 6.09 Å². The number of methoxy groups -OCH3 is 1. The predicted octanol–water partition coefficient (Wildman–Crippen LogP) is 3.20. The molecule has 0 saturated carbocycles. The van der Waals surface area contributed by atoms with Gasteiger partial charge in [0.1, 0.15) is 0 Å². The Morgan fingerprint density at radius 1 is 1.15 bits per heavy atom. The predicted molar refractivity (Wildman–Crippen MR) is 81.7 cm³/mol. The summed E-state index contributed by atoms with van der Waals surface area (Å²) in [5, 5.41) is 2.92. The van der Waals surface area contributed by atoms with Gasteiger partial charge in [0, 0.05) is 18.6 Å². The Morgan fingerprint density at radius 3 is 2.15 bits per heavy atom. The summed E-state index contributed by atoms with van der Waals surface area (Å²) in [4.78, 5) is 13.9. The van der Waals surface area contributed by atoms with Gasteiger partial charge in [0.05, 0.1) is 13.2 Å². The average Bonchev–Trinajstić information content (AvgIpc) is 2.43. The Hall–Kier alpha value is -1.55. The number of rotatable bonds is 6. The molecule has 0 aliphatic rings. The molecule has 112 valence electrons. The Balaban J connectivity index is 2.90. The Morgan fingerprint density at radius 2 is 1.70 bits per heavy atom. The molecular formula is C16H26N2O2. The summed E-state index contributed by atoms with van der Waals surface area (Å²) < 4.78 is 4.74. The minimum Gasteiger partial charge on any atom is -0.453 e. The molecule has 1 aromatic carbocycles. The number of nitrogens with zero attached hydrogens (tertiary/aromatic N) is 1. The van der Waals surface area contributed by atoms with Crippen molar-refractivity contribution in [3.63, 3.8) is 0 Å². The van der Waals surface area contributed by atoms with E-state index < -0.39 is 6.09 Å². The number of alkyl carbamates (subject to hydrolysis) is 1. The van der Waals surface area contributed by atoms with E-state index in [9.17, 15) is 4.79 Å². The van der Waals surface area contributed by atoms with Crippen LogP contribution in [0.15, 0.2) is 30.3 Å². The van der Waals surface area contributed by atoms with Crippen molar-refractivity contribution in [1.29, 1.82) is 0 Å². The van der Waals surface area contributed by atoms with E-state index in [0.717, 1.165) is 12.1 Å². The molecule has 1 amide bonds. The molecule has 0 aliphatic heterocycles. The van der Waals surface area contributed by atoms with Gasteiger partial charge in [-0.1, -0.05) is 30.3 Å². The van der Waals surface area contributed by atoms with Crippen LogP contribution in [0.4, 0.5) is 4.79 Å². The third kappa shape index (κ3) is 4.85. The summed E-state index contributed by atoms with van der Waals surface area (Å²) in [6.07, 6.45) is -0.397. The molecule has 0 saturated heterocycles. The fraction of sp³-hybridized carbons (Fsp3) is 0.562. The van der Waals surface area contributed by atoms with Crippen molar-refractivity contribution in [2.24, 2.45) is 0 Å². The minimum atomic E-state index is -0.397. The molecule has 1 aromatic rings. The number of nitrogens with one attached hydrogen (secondary N) is 1. The normalized spacial score (nSPS) is 12.8.